The number of nitrogens with one attached hydrogen (secondary N) is 1. The number of ether oxygens (including phenoxy) is 1. The maximum absolute atomic E-state index is 12.9. The highest BCUT2D eigenvalue weighted by molar-refractivity contribution is 6.34. The van der Waals surface area contributed by atoms with Gasteiger partial charge in [0.05, 0.1) is 22.2 Å². The molecule has 2 heterocycles. The van der Waals surface area contributed by atoms with Crippen LogP contribution in [0.25, 0.3) is 5.57 Å². The normalized spacial score (nSPS) is 18.4. The SMILES string of the molecule is CC1(C#N)CCN(C(=O)Nc2c(Cl)cccc2C2=CCN(C(=O)OC(C)(C)C)CC2)CC1. The second-order valence-corrected chi connectivity index (χ2v) is 10.1. The first-order chi connectivity index (χ1) is 15.0. The number of benzene rings is 1. The van der Waals surface area contributed by atoms with Gasteiger partial charge in [-0.2, -0.15) is 5.26 Å². The van der Waals surface area contributed by atoms with E-state index in [0.717, 1.165) is 11.1 Å². The van der Waals surface area contributed by atoms with Gasteiger partial charge in [0.15, 0.2) is 0 Å². The van der Waals surface area contributed by atoms with Crippen LogP contribution in [0.15, 0.2) is 24.3 Å². The number of rotatable bonds is 2. The van der Waals surface area contributed by atoms with E-state index in [9.17, 15) is 14.9 Å². The molecule has 3 rings (SSSR count). The molecular formula is C24H31ClN4O3. The Morgan fingerprint density at radius 3 is 2.44 bits per heavy atom. The number of amides is 3. The molecular weight excluding hydrogens is 428 g/mol. The van der Waals surface area contributed by atoms with Gasteiger partial charge in [0.1, 0.15) is 5.60 Å². The maximum atomic E-state index is 12.9. The zero-order valence-corrected chi connectivity index (χ0v) is 20.0. The largest absolute Gasteiger partial charge is 0.444 e. The van der Waals surface area contributed by atoms with Crippen LogP contribution in [0.5, 0.6) is 0 Å². The van der Waals surface area contributed by atoms with Crippen molar-refractivity contribution in [1.29, 1.82) is 5.26 Å². The first-order valence-corrected chi connectivity index (χ1v) is 11.3. The number of likely N-dealkylation sites (tertiary alicyclic amines) is 1. The maximum Gasteiger partial charge on any atom is 0.410 e. The van der Waals surface area contributed by atoms with Gasteiger partial charge in [0.2, 0.25) is 0 Å². The molecule has 32 heavy (non-hydrogen) atoms. The van der Waals surface area contributed by atoms with Crippen molar-refractivity contribution >= 4 is 35.0 Å². The molecule has 7 nitrogen and oxygen atoms in total. The standard InChI is InChI=1S/C24H31ClN4O3/c1-23(2,3)32-22(31)29-12-8-17(9-13-29)18-6-5-7-19(25)20(18)27-21(30)28-14-10-24(4,16-26)11-15-28/h5-8H,9-15H2,1-4H3,(H,27,30). The minimum absolute atomic E-state index is 0.217. The van der Waals surface area contributed by atoms with Crippen molar-refractivity contribution in [2.24, 2.45) is 5.41 Å². The summed E-state index contributed by atoms with van der Waals surface area (Å²) in [6.07, 6.45) is 3.58. The number of carbonyl (C=O) groups is 2. The Morgan fingerprint density at radius 1 is 1.19 bits per heavy atom. The van der Waals surface area contributed by atoms with Crippen molar-refractivity contribution in [3.8, 4) is 6.07 Å². The zero-order valence-electron chi connectivity index (χ0n) is 19.2. The van der Waals surface area contributed by atoms with Gasteiger partial charge in [-0.15, -0.1) is 0 Å². The number of anilines is 1. The van der Waals surface area contributed by atoms with Crippen LogP contribution in [0.2, 0.25) is 5.02 Å². The summed E-state index contributed by atoms with van der Waals surface area (Å²) in [6, 6.07) is 7.67. The molecule has 0 saturated carbocycles. The molecule has 1 fully saturated rings. The number of nitriles is 1. The molecule has 0 atom stereocenters. The summed E-state index contributed by atoms with van der Waals surface area (Å²) in [4.78, 5) is 28.6. The highest BCUT2D eigenvalue weighted by Crippen LogP contribution is 2.35. The minimum Gasteiger partial charge on any atom is -0.444 e. The smallest absolute Gasteiger partial charge is 0.410 e. The van der Waals surface area contributed by atoms with E-state index in [4.69, 9.17) is 16.3 Å². The second-order valence-electron chi connectivity index (χ2n) is 9.66. The van der Waals surface area contributed by atoms with Gasteiger partial charge < -0.3 is 19.9 Å². The van der Waals surface area contributed by atoms with Gasteiger partial charge in [0, 0.05) is 31.7 Å². The zero-order chi connectivity index (χ0) is 23.5. The number of halogens is 1. The first kappa shape index (κ1) is 23.9. The lowest BCUT2D eigenvalue weighted by atomic mass is 9.82. The number of piperidine rings is 1. The minimum atomic E-state index is -0.537. The Balaban J connectivity index is 1.71. The van der Waals surface area contributed by atoms with E-state index in [1.807, 2.05) is 45.9 Å². The molecule has 8 heteroatoms. The highest BCUT2D eigenvalue weighted by atomic mass is 35.5. The van der Waals surface area contributed by atoms with E-state index in [2.05, 4.69) is 11.4 Å². The molecule has 1 N–H and O–H groups in total. The topological polar surface area (TPSA) is 85.7 Å². The summed E-state index contributed by atoms with van der Waals surface area (Å²) in [6.45, 7) is 9.50. The molecule has 0 unspecified atom stereocenters. The lowest BCUT2D eigenvalue weighted by Gasteiger charge is -2.35. The number of urea groups is 1. The number of nitrogens with zero attached hydrogens (tertiary/aromatic N) is 3. The Bertz CT molecular complexity index is 953. The molecule has 0 radical (unpaired) electrons. The van der Waals surface area contributed by atoms with Gasteiger partial charge in [-0.05, 0) is 58.6 Å². The van der Waals surface area contributed by atoms with Gasteiger partial charge in [-0.3, -0.25) is 0 Å². The summed E-state index contributed by atoms with van der Waals surface area (Å²) < 4.78 is 5.46. The van der Waals surface area contributed by atoms with Crippen LogP contribution < -0.4 is 5.32 Å². The van der Waals surface area contributed by atoms with Gasteiger partial charge in [0.25, 0.3) is 0 Å². The number of hydrogen-bond donors (Lipinski definition) is 1. The average molecular weight is 459 g/mol. The molecule has 2 aliphatic rings. The lowest BCUT2D eigenvalue weighted by Crippen LogP contribution is -2.43. The lowest BCUT2D eigenvalue weighted by molar-refractivity contribution is 0.0270. The Labute approximate surface area is 195 Å². The van der Waals surface area contributed by atoms with E-state index in [-0.39, 0.29) is 17.5 Å². The van der Waals surface area contributed by atoms with E-state index in [1.165, 1.54) is 0 Å². The van der Waals surface area contributed by atoms with Crippen LogP contribution in [-0.4, -0.2) is 53.7 Å². The highest BCUT2D eigenvalue weighted by Gasteiger charge is 2.32. The molecule has 3 amide bonds. The molecule has 1 saturated heterocycles. The van der Waals surface area contributed by atoms with Crippen molar-refractivity contribution in [1.82, 2.24) is 9.80 Å². The van der Waals surface area contributed by atoms with Crippen LogP contribution in [0.4, 0.5) is 15.3 Å². The molecule has 0 aromatic heterocycles. The number of hydrogen-bond acceptors (Lipinski definition) is 4. The van der Waals surface area contributed by atoms with Crippen LogP contribution in [0.1, 0.15) is 52.5 Å². The predicted octanol–water partition coefficient (Wildman–Crippen LogP) is 5.52. The summed E-state index contributed by atoms with van der Waals surface area (Å²) in [7, 11) is 0. The van der Waals surface area contributed by atoms with Gasteiger partial charge in [-0.25, -0.2) is 9.59 Å². The average Bonchev–Trinajstić information content (AvgIpc) is 2.74. The predicted molar refractivity (Wildman–Crippen MR) is 125 cm³/mol. The Kier molecular flexibility index (Phi) is 7.04. The molecule has 0 spiro atoms. The third kappa shape index (κ3) is 5.74. The Hall–Kier alpha value is -2.72. The fourth-order valence-electron chi connectivity index (χ4n) is 3.83. The van der Waals surface area contributed by atoms with Gasteiger partial charge in [-0.1, -0.05) is 29.8 Å². The fraction of sp³-hybridized carbons (Fsp3) is 0.542. The van der Waals surface area contributed by atoms with Crippen molar-refractivity contribution in [3.63, 3.8) is 0 Å². The number of carbonyl (C=O) groups excluding carboxylic acids is 2. The molecule has 2 aliphatic heterocycles. The third-order valence-electron chi connectivity index (χ3n) is 5.88. The summed E-state index contributed by atoms with van der Waals surface area (Å²) in [5.74, 6) is 0. The quantitative estimate of drug-likeness (QED) is 0.632. The molecule has 1 aromatic rings. The summed E-state index contributed by atoms with van der Waals surface area (Å²) >= 11 is 6.46. The molecule has 1 aromatic carbocycles. The van der Waals surface area contributed by atoms with Crippen LogP contribution in [0, 0.1) is 16.7 Å². The first-order valence-electron chi connectivity index (χ1n) is 10.9. The summed E-state index contributed by atoms with van der Waals surface area (Å²) in [5, 5.41) is 12.8. The van der Waals surface area contributed by atoms with Crippen LogP contribution in [-0.2, 0) is 4.74 Å². The van der Waals surface area contributed by atoms with Crippen molar-refractivity contribution in [2.75, 3.05) is 31.5 Å². The molecule has 0 aliphatic carbocycles. The van der Waals surface area contributed by atoms with Crippen molar-refractivity contribution in [2.45, 2.75) is 52.6 Å². The molecule has 172 valence electrons. The van der Waals surface area contributed by atoms with E-state index in [0.29, 0.717) is 56.2 Å². The van der Waals surface area contributed by atoms with E-state index >= 15 is 0 Å². The second kappa shape index (κ2) is 9.41. The van der Waals surface area contributed by atoms with Crippen molar-refractivity contribution < 1.29 is 14.3 Å². The van der Waals surface area contributed by atoms with E-state index < -0.39 is 5.60 Å². The van der Waals surface area contributed by atoms with Crippen LogP contribution >= 0.6 is 11.6 Å². The van der Waals surface area contributed by atoms with E-state index in [1.54, 1.807) is 15.9 Å². The summed E-state index contributed by atoms with van der Waals surface area (Å²) in [5.41, 5.74) is 1.54. The Morgan fingerprint density at radius 2 is 1.88 bits per heavy atom. The molecule has 0 bridgehead atoms. The monoisotopic (exact) mass is 458 g/mol. The van der Waals surface area contributed by atoms with Crippen molar-refractivity contribution in [3.05, 3.63) is 34.9 Å². The van der Waals surface area contributed by atoms with Crippen LogP contribution in [0.3, 0.4) is 0 Å². The van der Waals surface area contributed by atoms with Gasteiger partial charge >= 0.3 is 12.1 Å². The number of para-hydroxylation sites is 1. The third-order valence-corrected chi connectivity index (χ3v) is 6.19. The fourth-order valence-corrected chi connectivity index (χ4v) is 4.05.